The molecule has 2 rings (SSSR count). The van der Waals surface area contributed by atoms with Gasteiger partial charge in [0.15, 0.2) is 0 Å². The molecule has 120 valence electrons. The van der Waals surface area contributed by atoms with E-state index in [2.05, 4.69) is 9.80 Å². The maximum absolute atomic E-state index is 9.99. The Bertz CT molecular complexity index is 375. The Morgan fingerprint density at radius 3 is 2.43 bits per heavy atom. The van der Waals surface area contributed by atoms with Crippen LogP contribution in [0.25, 0.3) is 0 Å². The van der Waals surface area contributed by atoms with Crippen molar-refractivity contribution in [3.8, 4) is 0 Å². The van der Waals surface area contributed by atoms with Crippen molar-refractivity contribution in [3.63, 3.8) is 0 Å². The van der Waals surface area contributed by atoms with Crippen LogP contribution in [0.1, 0.15) is 12.7 Å². The van der Waals surface area contributed by atoms with Crippen LogP contribution in [0.4, 0.5) is 0 Å². The molecule has 0 unspecified atom stereocenters. The smallest absolute Gasteiger partial charge is 0.129 e. The summed E-state index contributed by atoms with van der Waals surface area (Å²) in [6.07, 6.45) is 0.849. The summed E-state index contributed by atoms with van der Waals surface area (Å²) in [4.78, 5) is 4.49. The lowest BCUT2D eigenvalue weighted by Crippen LogP contribution is -2.50. The van der Waals surface area contributed by atoms with Gasteiger partial charge in [0, 0.05) is 39.3 Å². The van der Waals surface area contributed by atoms with Gasteiger partial charge in [0.05, 0.1) is 25.1 Å². The number of aliphatic hydroxyl groups excluding tert-OH is 2. The Hall–Kier alpha value is -0.920. The molecule has 0 aromatic carbocycles. The topological polar surface area (TPSA) is 69.3 Å². The zero-order chi connectivity index (χ0) is 15.1. The Balaban J connectivity index is 1.57. The molecule has 0 spiro atoms. The summed E-state index contributed by atoms with van der Waals surface area (Å²) >= 11 is 0. The van der Waals surface area contributed by atoms with Gasteiger partial charge >= 0.3 is 0 Å². The van der Waals surface area contributed by atoms with E-state index in [1.807, 2.05) is 19.1 Å². The predicted molar refractivity (Wildman–Crippen MR) is 78.9 cm³/mol. The second kappa shape index (κ2) is 8.51. The maximum atomic E-state index is 9.99. The lowest BCUT2D eigenvalue weighted by Gasteiger charge is -2.36. The van der Waals surface area contributed by atoms with E-state index in [0.717, 1.165) is 38.5 Å². The molecular formula is C15H26N2O4. The first kappa shape index (κ1) is 16.5. The fourth-order valence-corrected chi connectivity index (χ4v) is 2.57. The van der Waals surface area contributed by atoms with Crippen LogP contribution in [0.15, 0.2) is 22.8 Å². The third-order valence-corrected chi connectivity index (χ3v) is 3.59. The zero-order valence-corrected chi connectivity index (χ0v) is 12.6. The molecule has 0 radical (unpaired) electrons. The molecule has 2 atom stereocenters. The molecule has 6 nitrogen and oxygen atoms in total. The molecule has 1 aromatic heterocycles. The second-order valence-electron chi connectivity index (χ2n) is 5.70. The Kier molecular flexibility index (Phi) is 6.66. The van der Waals surface area contributed by atoms with Gasteiger partial charge in [-0.05, 0) is 19.1 Å². The van der Waals surface area contributed by atoms with Gasteiger partial charge in [-0.3, -0.25) is 9.80 Å². The first-order valence-corrected chi connectivity index (χ1v) is 7.54. The summed E-state index contributed by atoms with van der Waals surface area (Å²) < 4.78 is 10.6. The van der Waals surface area contributed by atoms with E-state index >= 15 is 0 Å². The highest BCUT2D eigenvalue weighted by molar-refractivity contribution is 4.96. The minimum atomic E-state index is -0.483. The van der Waals surface area contributed by atoms with E-state index in [4.69, 9.17) is 9.15 Å². The number of piperazine rings is 1. The van der Waals surface area contributed by atoms with Crippen molar-refractivity contribution in [1.82, 2.24) is 9.80 Å². The third-order valence-electron chi connectivity index (χ3n) is 3.59. The fraction of sp³-hybridized carbons (Fsp3) is 0.733. The lowest BCUT2D eigenvalue weighted by molar-refractivity contribution is -0.00507. The van der Waals surface area contributed by atoms with Crippen LogP contribution < -0.4 is 0 Å². The zero-order valence-electron chi connectivity index (χ0n) is 12.6. The van der Waals surface area contributed by atoms with Crippen LogP contribution in [0.5, 0.6) is 0 Å². The number of hydrogen-bond donors (Lipinski definition) is 2. The van der Waals surface area contributed by atoms with Crippen molar-refractivity contribution >= 4 is 0 Å². The molecule has 1 aliphatic heterocycles. The van der Waals surface area contributed by atoms with Crippen molar-refractivity contribution in [2.24, 2.45) is 0 Å². The van der Waals surface area contributed by atoms with Gasteiger partial charge in [-0.25, -0.2) is 0 Å². The molecule has 6 heteroatoms. The maximum Gasteiger partial charge on any atom is 0.129 e. The van der Waals surface area contributed by atoms with E-state index in [1.54, 1.807) is 6.26 Å². The molecule has 0 saturated carbocycles. The minimum absolute atomic E-state index is 0.280. The standard InChI is InChI=1S/C15H26N2O4/c1-13(18)9-16-4-6-17(7-5-16)10-14(19)11-20-12-15-3-2-8-21-15/h2-3,8,13-14,18-19H,4-7,9-12H2,1H3/t13-,14+/m1/s1. The van der Waals surface area contributed by atoms with Crippen molar-refractivity contribution in [2.75, 3.05) is 45.9 Å². The number of rotatable bonds is 8. The summed E-state index contributed by atoms with van der Waals surface area (Å²) in [5.74, 6) is 0.772. The quantitative estimate of drug-likeness (QED) is 0.712. The highest BCUT2D eigenvalue weighted by Crippen LogP contribution is 2.05. The molecule has 1 aromatic rings. The van der Waals surface area contributed by atoms with Crippen LogP contribution in [-0.2, 0) is 11.3 Å². The number of nitrogens with zero attached hydrogens (tertiary/aromatic N) is 2. The number of aliphatic hydroxyl groups is 2. The van der Waals surface area contributed by atoms with Gasteiger partial charge in [-0.2, -0.15) is 0 Å². The number of furan rings is 1. The molecule has 1 saturated heterocycles. The summed E-state index contributed by atoms with van der Waals surface area (Å²) in [5, 5.41) is 19.4. The van der Waals surface area contributed by atoms with Crippen molar-refractivity contribution in [1.29, 1.82) is 0 Å². The highest BCUT2D eigenvalue weighted by atomic mass is 16.5. The van der Waals surface area contributed by atoms with E-state index in [-0.39, 0.29) is 6.10 Å². The van der Waals surface area contributed by atoms with Crippen molar-refractivity contribution < 1.29 is 19.4 Å². The van der Waals surface area contributed by atoms with Crippen LogP contribution >= 0.6 is 0 Å². The Morgan fingerprint density at radius 1 is 1.19 bits per heavy atom. The molecule has 0 bridgehead atoms. The average Bonchev–Trinajstić information content (AvgIpc) is 2.93. The molecule has 2 N–H and O–H groups in total. The molecule has 0 aliphatic carbocycles. The molecule has 1 fully saturated rings. The van der Waals surface area contributed by atoms with E-state index in [9.17, 15) is 10.2 Å². The van der Waals surface area contributed by atoms with Crippen LogP contribution in [-0.4, -0.2) is 78.1 Å². The second-order valence-corrected chi connectivity index (χ2v) is 5.70. The molecule has 2 heterocycles. The first-order valence-electron chi connectivity index (χ1n) is 7.54. The van der Waals surface area contributed by atoms with Crippen LogP contribution in [0, 0.1) is 0 Å². The van der Waals surface area contributed by atoms with Gasteiger partial charge in [-0.15, -0.1) is 0 Å². The summed E-state index contributed by atoms with van der Waals surface area (Å²) in [6.45, 7) is 7.58. The van der Waals surface area contributed by atoms with Gasteiger partial charge in [0.2, 0.25) is 0 Å². The summed E-state index contributed by atoms with van der Waals surface area (Å²) in [6, 6.07) is 3.68. The van der Waals surface area contributed by atoms with E-state index < -0.39 is 6.10 Å². The van der Waals surface area contributed by atoms with Crippen LogP contribution in [0.3, 0.4) is 0 Å². The summed E-state index contributed by atoms with van der Waals surface area (Å²) in [5.41, 5.74) is 0. The molecular weight excluding hydrogens is 272 g/mol. The number of hydrogen-bond acceptors (Lipinski definition) is 6. The van der Waals surface area contributed by atoms with E-state index in [1.165, 1.54) is 0 Å². The molecule has 0 amide bonds. The SMILES string of the molecule is C[C@@H](O)CN1CCN(C[C@H](O)COCc2ccco2)CC1. The van der Waals surface area contributed by atoms with E-state index in [0.29, 0.717) is 19.8 Å². The first-order chi connectivity index (χ1) is 10.1. The van der Waals surface area contributed by atoms with Gasteiger partial charge in [-0.1, -0.05) is 0 Å². The lowest BCUT2D eigenvalue weighted by atomic mass is 10.2. The summed E-state index contributed by atoms with van der Waals surface area (Å²) in [7, 11) is 0. The monoisotopic (exact) mass is 298 g/mol. The fourth-order valence-electron chi connectivity index (χ4n) is 2.57. The molecule has 21 heavy (non-hydrogen) atoms. The average molecular weight is 298 g/mol. The number of β-amino-alcohol motifs (C(OH)–C–C–N with tert-alkyl or cyclic N) is 2. The third kappa shape index (κ3) is 6.15. The normalized spacial score (nSPS) is 20.5. The van der Waals surface area contributed by atoms with Crippen molar-refractivity contribution in [2.45, 2.75) is 25.7 Å². The highest BCUT2D eigenvalue weighted by Gasteiger charge is 2.19. The van der Waals surface area contributed by atoms with Gasteiger partial charge in [0.1, 0.15) is 12.4 Å². The van der Waals surface area contributed by atoms with Crippen molar-refractivity contribution in [3.05, 3.63) is 24.2 Å². The predicted octanol–water partition coefficient (Wildman–Crippen LogP) is 0.156. The minimum Gasteiger partial charge on any atom is -0.467 e. The largest absolute Gasteiger partial charge is 0.467 e. The van der Waals surface area contributed by atoms with Gasteiger partial charge < -0.3 is 19.4 Å². The van der Waals surface area contributed by atoms with Crippen LogP contribution in [0.2, 0.25) is 0 Å². The Morgan fingerprint density at radius 2 is 1.86 bits per heavy atom. The Labute approximate surface area is 125 Å². The van der Waals surface area contributed by atoms with Gasteiger partial charge in [0.25, 0.3) is 0 Å². The number of ether oxygens (including phenoxy) is 1. The molecule has 1 aliphatic rings.